The van der Waals surface area contributed by atoms with Crippen LogP contribution in [0.3, 0.4) is 0 Å². The summed E-state index contributed by atoms with van der Waals surface area (Å²) < 4.78 is 2.67. The molecule has 78 heavy (non-hydrogen) atoms. The van der Waals surface area contributed by atoms with Crippen molar-refractivity contribution in [3.63, 3.8) is 0 Å². The second-order valence-corrected chi connectivity index (χ2v) is 26.0. The van der Waals surface area contributed by atoms with Gasteiger partial charge in [-0.3, -0.25) is 0 Å². The Morgan fingerprint density at radius 1 is 0.359 bits per heavy atom. The molecule has 4 heteroatoms. The van der Waals surface area contributed by atoms with E-state index in [0.717, 1.165) is 0 Å². The molecule has 10 aromatic carbocycles. The Bertz CT molecular complexity index is 4360. The van der Waals surface area contributed by atoms with Crippen LogP contribution < -0.4 is 26.2 Å². The number of thiophene rings is 1. The van der Waals surface area contributed by atoms with E-state index in [1.807, 2.05) is 11.3 Å². The second kappa shape index (κ2) is 16.3. The minimum atomic E-state index is -0.263. The zero-order valence-electron chi connectivity index (χ0n) is 46.4. The van der Waals surface area contributed by atoms with Crippen LogP contribution in [0.4, 0.5) is 34.1 Å². The van der Waals surface area contributed by atoms with Gasteiger partial charge in [-0.05, 0) is 156 Å². The fourth-order valence-corrected chi connectivity index (χ4v) is 16.6. The maximum atomic E-state index is 2.72. The Hall–Kier alpha value is -7.92. The Kier molecular flexibility index (Phi) is 9.90. The van der Waals surface area contributed by atoms with Gasteiger partial charge >= 0.3 is 0 Å². The van der Waals surface area contributed by atoms with Crippen LogP contribution >= 0.6 is 11.3 Å². The number of para-hydroxylation sites is 1. The lowest BCUT2D eigenvalue weighted by atomic mass is 9.33. The molecule has 0 saturated carbocycles. The van der Waals surface area contributed by atoms with Gasteiger partial charge in [-0.2, -0.15) is 0 Å². The van der Waals surface area contributed by atoms with Gasteiger partial charge in [0.1, 0.15) is 0 Å². The van der Waals surface area contributed by atoms with Crippen LogP contribution in [0.5, 0.6) is 0 Å². The van der Waals surface area contributed by atoms with E-state index in [4.69, 9.17) is 0 Å². The third-order valence-electron chi connectivity index (χ3n) is 19.2. The van der Waals surface area contributed by atoms with E-state index in [0.29, 0.717) is 0 Å². The van der Waals surface area contributed by atoms with Crippen molar-refractivity contribution in [2.24, 2.45) is 0 Å². The van der Waals surface area contributed by atoms with E-state index in [1.54, 1.807) is 0 Å². The van der Waals surface area contributed by atoms with E-state index in [2.05, 4.69) is 279 Å². The predicted octanol–water partition coefficient (Wildman–Crippen LogP) is 18.0. The molecule has 0 saturated heterocycles. The predicted molar refractivity (Wildman–Crippen MR) is 335 cm³/mol. The molecule has 0 atom stereocenters. The highest BCUT2D eigenvalue weighted by Crippen LogP contribution is 2.56. The van der Waals surface area contributed by atoms with Gasteiger partial charge in [0.05, 0.1) is 5.69 Å². The zero-order valence-corrected chi connectivity index (χ0v) is 47.2. The smallest absolute Gasteiger partial charge is 0.254 e. The molecule has 0 N–H and O–H groups in total. The summed E-state index contributed by atoms with van der Waals surface area (Å²) in [5.74, 6) is 0. The highest BCUT2D eigenvalue weighted by atomic mass is 32.1. The summed E-state index contributed by atoms with van der Waals surface area (Å²) in [6.07, 6.45) is 0. The molecule has 11 aromatic rings. The summed E-state index contributed by atoms with van der Waals surface area (Å²) in [4.78, 5) is 5.38. The molecular formula is C74H63BN2S. The van der Waals surface area contributed by atoms with Gasteiger partial charge in [0.2, 0.25) is 0 Å². The Labute approximate surface area is 464 Å². The average Bonchev–Trinajstić information content (AvgIpc) is 2.79. The maximum Gasteiger partial charge on any atom is 0.254 e. The van der Waals surface area contributed by atoms with Crippen molar-refractivity contribution in [2.75, 3.05) is 9.80 Å². The van der Waals surface area contributed by atoms with Crippen molar-refractivity contribution in [3.8, 4) is 22.3 Å². The number of benzene rings is 10. The standard InChI is InChI=1S/C74H63BN2S/c1-44-23-22-24-45(2)67(44)47-39-64-68-65(40-47)77(61-33-20-14-27-49(61)46-25-12-11-13-26-46)62-38-36-51-50-28-15-21-34-66(50)78-70(51)69(62)75(68)60-42-58-59(74(9,10)55-32-19-18-31-54(55)73(58,7)8)43-63(60)76(64)48-35-37-56-57(41-48)72(5,6)53-30-17-16-29-52(53)71(56,3)4/h11-43H,1-10H3. The van der Waals surface area contributed by atoms with Gasteiger partial charge in [-0.1, -0.05) is 207 Å². The second-order valence-electron chi connectivity index (χ2n) is 24.9. The monoisotopic (exact) mass is 1020 g/mol. The molecule has 1 aromatic heterocycles. The van der Waals surface area contributed by atoms with Crippen LogP contribution in [0.1, 0.15) is 111 Å². The Balaban J connectivity index is 1.12. The van der Waals surface area contributed by atoms with Gasteiger partial charge in [0, 0.05) is 70.4 Å². The first-order chi connectivity index (χ1) is 37.6. The van der Waals surface area contributed by atoms with Crippen molar-refractivity contribution >= 4 is 88.7 Å². The lowest BCUT2D eigenvalue weighted by Gasteiger charge is -2.49. The normalized spacial score (nSPS) is 16.4. The van der Waals surface area contributed by atoms with E-state index in [1.165, 1.54) is 149 Å². The summed E-state index contributed by atoms with van der Waals surface area (Å²) in [6, 6.07) is 77.3. The summed E-state index contributed by atoms with van der Waals surface area (Å²) in [5.41, 5.74) is 29.1. The van der Waals surface area contributed by atoms with Gasteiger partial charge in [0.25, 0.3) is 6.71 Å². The number of anilines is 6. The number of hydrogen-bond donors (Lipinski definition) is 0. The van der Waals surface area contributed by atoms with Crippen molar-refractivity contribution in [1.82, 2.24) is 0 Å². The van der Waals surface area contributed by atoms with Crippen LogP contribution in [0.2, 0.25) is 0 Å². The highest BCUT2D eigenvalue weighted by molar-refractivity contribution is 7.28. The third kappa shape index (κ3) is 6.33. The van der Waals surface area contributed by atoms with Gasteiger partial charge < -0.3 is 9.80 Å². The topological polar surface area (TPSA) is 6.48 Å². The summed E-state index contributed by atoms with van der Waals surface area (Å²) in [7, 11) is 0. The third-order valence-corrected chi connectivity index (χ3v) is 20.4. The molecule has 3 heterocycles. The lowest BCUT2D eigenvalue weighted by Crippen LogP contribution is -2.62. The van der Waals surface area contributed by atoms with Crippen LogP contribution in [-0.4, -0.2) is 6.71 Å². The van der Waals surface area contributed by atoms with Crippen molar-refractivity contribution in [2.45, 2.75) is 90.9 Å². The minimum Gasteiger partial charge on any atom is -0.311 e. The zero-order chi connectivity index (χ0) is 53.4. The van der Waals surface area contributed by atoms with Crippen LogP contribution in [-0.2, 0) is 21.7 Å². The SMILES string of the molecule is Cc1cccc(C)c1-c1cc2c3c(c1)N(c1ccccc1-c1ccccc1)c1ccc4c(sc5ccccc54)c1B3c1cc3c(cc1N2c1ccc2c(c1)C(C)(C)c1ccccc1C2(C)C)C(C)(C)c1ccccc1C3(C)C. The van der Waals surface area contributed by atoms with Gasteiger partial charge in [-0.25, -0.2) is 0 Å². The maximum absolute atomic E-state index is 2.72. The van der Waals surface area contributed by atoms with E-state index in [-0.39, 0.29) is 28.4 Å². The summed E-state index contributed by atoms with van der Waals surface area (Å²) >= 11 is 1.96. The molecule has 15 rings (SSSR count). The molecule has 0 amide bonds. The van der Waals surface area contributed by atoms with Crippen LogP contribution in [0.15, 0.2) is 200 Å². The van der Waals surface area contributed by atoms with Gasteiger partial charge in [0.15, 0.2) is 0 Å². The summed E-state index contributed by atoms with van der Waals surface area (Å²) in [6.45, 7) is 24.1. The number of rotatable bonds is 4. The summed E-state index contributed by atoms with van der Waals surface area (Å²) in [5, 5.41) is 2.64. The molecule has 0 spiro atoms. The first-order valence-electron chi connectivity index (χ1n) is 28.0. The van der Waals surface area contributed by atoms with E-state index >= 15 is 0 Å². The van der Waals surface area contributed by atoms with Crippen molar-refractivity contribution in [1.29, 1.82) is 0 Å². The highest BCUT2D eigenvalue weighted by Gasteiger charge is 2.50. The van der Waals surface area contributed by atoms with Crippen molar-refractivity contribution in [3.05, 3.63) is 256 Å². The van der Waals surface area contributed by atoms with Crippen LogP contribution in [0.25, 0.3) is 42.4 Å². The number of aryl methyl sites for hydroxylation is 2. The molecule has 2 nitrogen and oxygen atoms in total. The Morgan fingerprint density at radius 3 is 1.56 bits per heavy atom. The fourth-order valence-electron chi connectivity index (χ4n) is 15.3. The molecule has 2 aliphatic heterocycles. The van der Waals surface area contributed by atoms with Gasteiger partial charge in [-0.15, -0.1) is 11.3 Å². The van der Waals surface area contributed by atoms with Crippen LogP contribution in [0, 0.1) is 13.8 Å². The Morgan fingerprint density at radius 2 is 0.897 bits per heavy atom. The molecule has 0 fully saturated rings. The largest absolute Gasteiger partial charge is 0.311 e. The van der Waals surface area contributed by atoms with Crippen molar-refractivity contribution < 1.29 is 0 Å². The molecule has 4 aliphatic rings. The molecular weight excluding hydrogens is 960 g/mol. The minimum absolute atomic E-state index is 0.0959. The first kappa shape index (κ1) is 47.3. The number of nitrogens with zero attached hydrogens (tertiary/aromatic N) is 2. The van der Waals surface area contributed by atoms with E-state index in [9.17, 15) is 0 Å². The number of fused-ring (bicyclic) bond motifs is 12. The quantitative estimate of drug-likeness (QED) is 0.162. The van der Waals surface area contributed by atoms with E-state index < -0.39 is 0 Å². The lowest BCUT2D eigenvalue weighted by molar-refractivity contribution is 0.520. The average molecular weight is 1020 g/mol. The molecule has 2 aliphatic carbocycles. The number of hydrogen-bond acceptors (Lipinski definition) is 3. The molecule has 378 valence electrons. The first-order valence-corrected chi connectivity index (χ1v) is 28.9. The fraction of sp³-hybridized carbons (Fsp3) is 0.189. The molecule has 0 radical (unpaired) electrons. The molecule has 0 bridgehead atoms. The molecule has 0 unspecified atom stereocenters.